The maximum atomic E-state index is 13.5. The molecule has 0 unspecified atom stereocenters. The molecule has 3 aromatic carbocycles. The van der Waals surface area contributed by atoms with Crippen molar-refractivity contribution in [3.05, 3.63) is 94.0 Å². The normalized spacial score (nSPS) is 10.7. The van der Waals surface area contributed by atoms with Gasteiger partial charge in [-0.1, -0.05) is 12.1 Å². The number of nitrogens with zero attached hydrogens (tertiary/aromatic N) is 1. The lowest BCUT2D eigenvalue weighted by Crippen LogP contribution is -2.35. The second-order valence-corrected chi connectivity index (χ2v) is 8.67. The van der Waals surface area contributed by atoms with Crippen molar-refractivity contribution in [2.75, 3.05) is 26.1 Å². The molecule has 0 spiro atoms. The quantitative estimate of drug-likeness (QED) is 0.283. The fourth-order valence-corrected chi connectivity index (χ4v) is 4.16. The Morgan fingerprint density at radius 3 is 2.30 bits per heavy atom. The van der Waals surface area contributed by atoms with E-state index < -0.39 is 0 Å². The zero-order chi connectivity index (χ0) is 26.4. The number of thiocarbonyl (C=S) groups is 1. The Labute approximate surface area is 219 Å². The van der Waals surface area contributed by atoms with Crippen LogP contribution in [0.4, 0.5) is 10.1 Å². The monoisotopic (exact) mass is 521 g/mol. The molecular weight excluding hydrogens is 493 g/mol. The smallest absolute Gasteiger partial charge is 0.253 e. The number of ether oxygens (including phenoxy) is 3. The number of hydrogen-bond donors (Lipinski definition) is 2. The topological polar surface area (TPSA) is 75.8 Å². The Balaban J connectivity index is 1.64. The van der Waals surface area contributed by atoms with Crippen molar-refractivity contribution in [1.29, 1.82) is 0 Å². The second-order valence-electron chi connectivity index (χ2n) is 8.29. The standard InChI is InChI=1S/C28H28FN3O4S/c1-4-36-23-11-9-22(10-12-23)30-28(37)32(16-18-5-7-21(29)8-6-18)17-20-13-19-14-25(34-2)26(35-3)15-24(19)31-27(20)33/h5-15H,4,16-17H2,1-3H3,(H,30,37)(H,31,33). The second kappa shape index (κ2) is 11.7. The summed E-state index contributed by atoms with van der Waals surface area (Å²) < 4.78 is 29.8. The third kappa shape index (κ3) is 6.37. The lowest BCUT2D eigenvalue weighted by molar-refractivity contribution is 0.340. The number of pyridine rings is 1. The Hall–Kier alpha value is -4.11. The molecule has 0 atom stereocenters. The number of fused-ring (bicyclic) bond motifs is 1. The number of anilines is 1. The molecule has 9 heteroatoms. The Bertz CT molecular complexity index is 1440. The van der Waals surface area contributed by atoms with Crippen molar-refractivity contribution in [3.8, 4) is 17.2 Å². The molecular formula is C28H28FN3O4S. The first kappa shape index (κ1) is 26.0. The summed E-state index contributed by atoms with van der Waals surface area (Å²) >= 11 is 5.74. The van der Waals surface area contributed by atoms with Gasteiger partial charge >= 0.3 is 0 Å². The fourth-order valence-electron chi connectivity index (χ4n) is 3.91. The lowest BCUT2D eigenvalue weighted by atomic mass is 10.1. The highest BCUT2D eigenvalue weighted by Crippen LogP contribution is 2.31. The van der Waals surface area contributed by atoms with Crippen molar-refractivity contribution < 1.29 is 18.6 Å². The first-order valence-electron chi connectivity index (χ1n) is 11.7. The maximum absolute atomic E-state index is 13.5. The van der Waals surface area contributed by atoms with E-state index in [0.29, 0.717) is 40.8 Å². The molecule has 2 N–H and O–H groups in total. The summed E-state index contributed by atoms with van der Waals surface area (Å²) in [6.45, 7) is 3.09. The molecule has 1 heterocycles. The molecule has 4 rings (SSSR count). The van der Waals surface area contributed by atoms with Crippen LogP contribution in [0.15, 0.2) is 71.5 Å². The minimum absolute atomic E-state index is 0.222. The minimum Gasteiger partial charge on any atom is -0.494 e. The van der Waals surface area contributed by atoms with E-state index in [1.54, 1.807) is 32.4 Å². The van der Waals surface area contributed by atoms with E-state index in [4.69, 9.17) is 26.4 Å². The van der Waals surface area contributed by atoms with Gasteiger partial charge < -0.3 is 29.4 Å². The van der Waals surface area contributed by atoms with E-state index >= 15 is 0 Å². The van der Waals surface area contributed by atoms with Gasteiger partial charge in [-0.15, -0.1) is 0 Å². The van der Waals surface area contributed by atoms with Crippen molar-refractivity contribution in [2.45, 2.75) is 20.0 Å². The number of nitrogens with one attached hydrogen (secondary N) is 2. The molecule has 0 radical (unpaired) electrons. The van der Waals surface area contributed by atoms with Gasteiger partial charge in [0.05, 0.1) is 32.9 Å². The Morgan fingerprint density at radius 2 is 1.65 bits per heavy atom. The highest BCUT2D eigenvalue weighted by molar-refractivity contribution is 7.80. The number of rotatable bonds is 9. The van der Waals surface area contributed by atoms with Gasteiger partial charge in [0.25, 0.3) is 5.56 Å². The van der Waals surface area contributed by atoms with Crippen molar-refractivity contribution in [3.63, 3.8) is 0 Å². The maximum Gasteiger partial charge on any atom is 0.253 e. The predicted octanol–water partition coefficient (Wildman–Crippen LogP) is 5.48. The lowest BCUT2D eigenvalue weighted by Gasteiger charge is -2.26. The summed E-state index contributed by atoms with van der Waals surface area (Å²) in [5.74, 6) is 1.53. The van der Waals surface area contributed by atoms with E-state index in [-0.39, 0.29) is 17.9 Å². The largest absolute Gasteiger partial charge is 0.494 e. The average Bonchev–Trinajstić information content (AvgIpc) is 2.90. The van der Waals surface area contributed by atoms with Gasteiger partial charge in [0.2, 0.25) is 0 Å². The number of benzene rings is 3. The van der Waals surface area contributed by atoms with Crippen LogP contribution < -0.4 is 25.1 Å². The summed E-state index contributed by atoms with van der Waals surface area (Å²) in [5.41, 5.74) is 2.53. The fraction of sp³-hybridized carbons (Fsp3) is 0.214. The first-order chi connectivity index (χ1) is 17.9. The molecule has 4 aromatic rings. The Kier molecular flexibility index (Phi) is 8.25. The molecule has 0 saturated heterocycles. The van der Waals surface area contributed by atoms with Crippen LogP contribution in [0.2, 0.25) is 0 Å². The summed E-state index contributed by atoms with van der Waals surface area (Å²) in [6.07, 6.45) is 0. The van der Waals surface area contributed by atoms with Crippen LogP contribution in [-0.4, -0.2) is 35.8 Å². The van der Waals surface area contributed by atoms with Crippen molar-refractivity contribution >= 4 is 33.9 Å². The van der Waals surface area contributed by atoms with Crippen LogP contribution in [0.25, 0.3) is 10.9 Å². The van der Waals surface area contributed by atoms with Gasteiger partial charge in [-0.25, -0.2) is 4.39 Å². The number of aromatic amines is 1. The average molecular weight is 522 g/mol. The molecule has 0 fully saturated rings. The SMILES string of the molecule is CCOc1ccc(NC(=S)N(Cc2ccc(F)cc2)Cc2cc3cc(OC)c(OC)cc3[nH]c2=O)cc1. The number of methoxy groups -OCH3 is 2. The summed E-state index contributed by atoms with van der Waals surface area (Å²) in [5, 5.41) is 4.44. The molecule has 1 aromatic heterocycles. The predicted molar refractivity (Wildman–Crippen MR) is 147 cm³/mol. The van der Waals surface area contributed by atoms with Gasteiger partial charge in [0, 0.05) is 29.2 Å². The number of aromatic nitrogens is 1. The molecule has 0 amide bonds. The van der Waals surface area contributed by atoms with E-state index in [1.807, 2.05) is 48.2 Å². The number of hydrogen-bond acceptors (Lipinski definition) is 5. The van der Waals surface area contributed by atoms with Gasteiger partial charge in [-0.3, -0.25) is 4.79 Å². The molecule has 0 bridgehead atoms. The van der Waals surface area contributed by atoms with Gasteiger partial charge in [0.1, 0.15) is 11.6 Å². The zero-order valence-electron chi connectivity index (χ0n) is 20.8. The first-order valence-corrected chi connectivity index (χ1v) is 12.1. The molecule has 37 heavy (non-hydrogen) atoms. The van der Waals surface area contributed by atoms with Crippen molar-refractivity contribution in [2.24, 2.45) is 0 Å². The molecule has 0 aliphatic carbocycles. The molecule has 0 saturated carbocycles. The van der Waals surface area contributed by atoms with E-state index in [9.17, 15) is 9.18 Å². The minimum atomic E-state index is -0.319. The summed E-state index contributed by atoms with van der Waals surface area (Å²) in [4.78, 5) is 17.8. The number of halogens is 1. The van der Waals surface area contributed by atoms with Gasteiger partial charge in [-0.2, -0.15) is 0 Å². The highest BCUT2D eigenvalue weighted by atomic mass is 32.1. The molecule has 7 nitrogen and oxygen atoms in total. The summed E-state index contributed by atoms with van der Waals surface area (Å²) in [6, 6.07) is 19.0. The van der Waals surface area contributed by atoms with E-state index in [2.05, 4.69) is 10.3 Å². The molecule has 0 aliphatic rings. The third-order valence-electron chi connectivity index (χ3n) is 5.78. The van der Waals surface area contributed by atoms with E-state index in [0.717, 1.165) is 22.4 Å². The third-order valence-corrected chi connectivity index (χ3v) is 6.14. The van der Waals surface area contributed by atoms with Crippen LogP contribution in [-0.2, 0) is 13.1 Å². The number of H-pyrrole nitrogens is 1. The van der Waals surface area contributed by atoms with Crippen LogP contribution >= 0.6 is 12.2 Å². The van der Waals surface area contributed by atoms with Gasteiger partial charge in [-0.05, 0) is 73.2 Å². The van der Waals surface area contributed by atoms with Crippen LogP contribution in [0.3, 0.4) is 0 Å². The van der Waals surface area contributed by atoms with E-state index in [1.165, 1.54) is 12.1 Å². The highest BCUT2D eigenvalue weighted by Gasteiger charge is 2.16. The van der Waals surface area contributed by atoms with Crippen LogP contribution in [0, 0.1) is 5.82 Å². The van der Waals surface area contributed by atoms with Crippen molar-refractivity contribution in [1.82, 2.24) is 9.88 Å². The Morgan fingerprint density at radius 1 is 0.973 bits per heavy atom. The van der Waals surface area contributed by atoms with Gasteiger partial charge in [0.15, 0.2) is 16.6 Å². The molecule has 0 aliphatic heterocycles. The van der Waals surface area contributed by atoms with Crippen LogP contribution in [0.1, 0.15) is 18.1 Å². The van der Waals surface area contributed by atoms with Crippen LogP contribution in [0.5, 0.6) is 17.2 Å². The molecule has 192 valence electrons. The summed E-state index contributed by atoms with van der Waals surface area (Å²) in [7, 11) is 3.10. The zero-order valence-corrected chi connectivity index (χ0v) is 21.7.